The number of ketones is 1. The zero-order valence-electron chi connectivity index (χ0n) is 12.8. The minimum Gasteiger partial charge on any atom is -0.368 e. The number of halogens is 1. The monoisotopic (exact) mass is 312 g/mol. The predicted molar refractivity (Wildman–Crippen MR) is 86.9 cm³/mol. The first kappa shape index (κ1) is 15.2. The summed E-state index contributed by atoms with van der Waals surface area (Å²) in [6.45, 7) is 1.78. The summed E-state index contributed by atoms with van der Waals surface area (Å²) in [7, 11) is 0. The van der Waals surface area contributed by atoms with Crippen molar-refractivity contribution in [2.75, 3.05) is 16.8 Å². The molecule has 0 spiro atoms. The topological polar surface area (TPSA) is 49.4 Å². The van der Waals surface area contributed by atoms with Crippen LogP contribution in [0.3, 0.4) is 0 Å². The Labute approximate surface area is 133 Å². The first-order chi connectivity index (χ1) is 11.1. The number of hydrogen-bond acceptors (Lipinski definition) is 3. The number of benzene rings is 2. The number of nitrogens with zero attached hydrogens (tertiary/aromatic N) is 1. The Balaban J connectivity index is 2.00. The third kappa shape index (κ3) is 3.08. The summed E-state index contributed by atoms with van der Waals surface area (Å²) in [6, 6.07) is 12.9. The maximum Gasteiger partial charge on any atom is 0.254 e. The lowest BCUT2D eigenvalue weighted by molar-refractivity contribution is -0.120. The summed E-state index contributed by atoms with van der Waals surface area (Å²) < 4.78 is 13.6. The predicted octanol–water partition coefficient (Wildman–Crippen LogP) is 3.30. The normalized spacial score (nSPS) is 16.7. The summed E-state index contributed by atoms with van der Waals surface area (Å²) in [5, 5.41) is 3.11. The summed E-state index contributed by atoms with van der Waals surface area (Å²) in [5.41, 5.74) is 1.96. The largest absolute Gasteiger partial charge is 0.368 e. The lowest BCUT2D eigenvalue weighted by atomic mass is 10.0. The van der Waals surface area contributed by atoms with Crippen molar-refractivity contribution in [3.05, 3.63) is 59.9 Å². The number of carbonyl (C=O) groups is 2. The van der Waals surface area contributed by atoms with Crippen LogP contribution in [0.1, 0.15) is 24.9 Å². The highest BCUT2D eigenvalue weighted by molar-refractivity contribution is 6.05. The molecule has 0 aromatic heterocycles. The second-order valence-corrected chi connectivity index (χ2v) is 5.59. The van der Waals surface area contributed by atoms with Gasteiger partial charge in [0.1, 0.15) is 17.6 Å². The number of carbonyl (C=O) groups excluding carboxylic acids is 2. The van der Waals surface area contributed by atoms with E-state index in [-0.39, 0.29) is 30.5 Å². The van der Waals surface area contributed by atoms with Crippen LogP contribution >= 0.6 is 0 Å². The third-order valence-corrected chi connectivity index (χ3v) is 3.88. The van der Waals surface area contributed by atoms with Gasteiger partial charge in [0.2, 0.25) is 0 Å². The first-order valence-corrected chi connectivity index (χ1v) is 7.48. The highest BCUT2D eigenvalue weighted by Gasteiger charge is 2.33. The molecule has 1 aliphatic heterocycles. The summed E-state index contributed by atoms with van der Waals surface area (Å²) in [5.74, 6) is -0.503. The van der Waals surface area contributed by atoms with Crippen molar-refractivity contribution in [2.24, 2.45) is 0 Å². The second kappa shape index (κ2) is 6.20. The van der Waals surface area contributed by atoms with Gasteiger partial charge in [0.15, 0.2) is 0 Å². The lowest BCUT2D eigenvalue weighted by Gasteiger charge is -2.35. The molecular formula is C18H17FN2O2. The number of fused-ring (bicyclic) bond motifs is 1. The highest BCUT2D eigenvalue weighted by Crippen LogP contribution is 2.37. The fraction of sp³-hybridized carbons (Fsp3) is 0.222. The third-order valence-electron chi connectivity index (χ3n) is 3.88. The molecule has 1 aliphatic rings. The summed E-state index contributed by atoms with van der Waals surface area (Å²) >= 11 is 0. The van der Waals surface area contributed by atoms with Crippen LogP contribution < -0.4 is 10.2 Å². The van der Waals surface area contributed by atoms with Crippen LogP contribution in [0.25, 0.3) is 0 Å². The molecular weight excluding hydrogens is 295 g/mol. The van der Waals surface area contributed by atoms with Crippen molar-refractivity contribution in [3.63, 3.8) is 0 Å². The molecule has 3 rings (SSSR count). The van der Waals surface area contributed by atoms with Gasteiger partial charge < -0.3 is 10.2 Å². The standard InChI is InChI=1S/C18H17FN2O2/c1-12(22)9-10-21-16-8-7-14(19)11-15(16)20-17(18(21)23)13-5-3-2-4-6-13/h2-8,11,17,20H,9-10H2,1H3. The van der Waals surface area contributed by atoms with E-state index in [1.807, 2.05) is 30.3 Å². The van der Waals surface area contributed by atoms with Gasteiger partial charge in [-0.1, -0.05) is 30.3 Å². The van der Waals surface area contributed by atoms with E-state index in [9.17, 15) is 14.0 Å². The van der Waals surface area contributed by atoms with Crippen LogP contribution in [0.5, 0.6) is 0 Å². The minimum atomic E-state index is -0.586. The Morgan fingerprint density at radius 3 is 2.65 bits per heavy atom. The molecule has 1 N–H and O–H groups in total. The SMILES string of the molecule is CC(=O)CCN1C(=O)C(c2ccccc2)Nc2cc(F)ccc21. The van der Waals surface area contributed by atoms with Crippen molar-refractivity contribution in [2.45, 2.75) is 19.4 Å². The Kier molecular flexibility index (Phi) is 4.10. The summed E-state index contributed by atoms with van der Waals surface area (Å²) in [6.07, 6.45) is 0.268. The van der Waals surface area contributed by atoms with Gasteiger partial charge in [-0.3, -0.25) is 9.59 Å². The van der Waals surface area contributed by atoms with Crippen LogP contribution in [0.15, 0.2) is 48.5 Å². The Morgan fingerprint density at radius 2 is 1.96 bits per heavy atom. The van der Waals surface area contributed by atoms with Gasteiger partial charge >= 0.3 is 0 Å². The van der Waals surface area contributed by atoms with Gasteiger partial charge in [-0.05, 0) is 30.7 Å². The molecule has 1 heterocycles. The van der Waals surface area contributed by atoms with Crippen LogP contribution in [0.2, 0.25) is 0 Å². The molecule has 0 saturated heterocycles. The van der Waals surface area contributed by atoms with Crippen LogP contribution in [0, 0.1) is 5.82 Å². The van der Waals surface area contributed by atoms with E-state index in [0.717, 1.165) is 5.56 Å². The molecule has 2 aromatic rings. The van der Waals surface area contributed by atoms with E-state index >= 15 is 0 Å². The fourth-order valence-corrected chi connectivity index (χ4v) is 2.72. The molecule has 1 amide bonds. The maximum atomic E-state index is 13.6. The molecule has 1 atom stereocenters. The van der Waals surface area contributed by atoms with Gasteiger partial charge in [-0.2, -0.15) is 0 Å². The van der Waals surface area contributed by atoms with E-state index in [1.54, 1.807) is 11.0 Å². The van der Waals surface area contributed by atoms with Gasteiger partial charge in [0.05, 0.1) is 11.4 Å². The van der Waals surface area contributed by atoms with Crippen molar-refractivity contribution in [1.29, 1.82) is 0 Å². The van der Waals surface area contributed by atoms with Crippen molar-refractivity contribution >= 4 is 23.1 Å². The number of hydrogen-bond donors (Lipinski definition) is 1. The van der Waals surface area contributed by atoms with Crippen molar-refractivity contribution < 1.29 is 14.0 Å². The highest BCUT2D eigenvalue weighted by atomic mass is 19.1. The zero-order valence-corrected chi connectivity index (χ0v) is 12.8. The van der Waals surface area contributed by atoms with E-state index in [0.29, 0.717) is 11.4 Å². The number of anilines is 2. The Hall–Kier alpha value is -2.69. The molecule has 0 saturated carbocycles. The maximum absolute atomic E-state index is 13.6. The van der Waals surface area contributed by atoms with Gasteiger partial charge in [-0.25, -0.2) is 4.39 Å². The number of nitrogens with one attached hydrogen (secondary N) is 1. The lowest BCUT2D eigenvalue weighted by Crippen LogP contribution is -2.43. The molecule has 2 aromatic carbocycles. The number of Topliss-reactive ketones (excluding diaryl/α,β-unsaturated/α-hetero) is 1. The van der Waals surface area contributed by atoms with E-state index in [2.05, 4.69) is 5.32 Å². The smallest absolute Gasteiger partial charge is 0.254 e. The molecule has 118 valence electrons. The van der Waals surface area contributed by atoms with E-state index < -0.39 is 6.04 Å². The molecule has 1 unspecified atom stereocenters. The molecule has 5 heteroatoms. The Bertz CT molecular complexity index is 746. The zero-order chi connectivity index (χ0) is 16.4. The molecule has 0 radical (unpaired) electrons. The number of rotatable bonds is 4. The molecule has 0 fully saturated rings. The average molecular weight is 312 g/mol. The molecule has 23 heavy (non-hydrogen) atoms. The molecule has 0 bridgehead atoms. The average Bonchev–Trinajstić information content (AvgIpc) is 2.54. The van der Waals surface area contributed by atoms with Gasteiger partial charge in [0, 0.05) is 13.0 Å². The van der Waals surface area contributed by atoms with Crippen LogP contribution in [0.4, 0.5) is 15.8 Å². The Morgan fingerprint density at radius 1 is 1.22 bits per heavy atom. The van der Waals surface area contributed by atoms with E-state index in [4.69, 9.17) is 0 Å². The molecule has 0 aliphatic carbocycles. The van der Waals surface area contributed by atoms with Crippen molar-refractivity contribution in [3.8, 4) is 0 Å². The quantitative estimate of drug-likeness (QED) is 0.942. The van der Waals surface area contributed by atoms with Gasteiger partial charge in [0.25, 0.3) is 5.91 Å². The minimum absolute atomic E-state index is 0.0104. The van der Waals surface area contributed by atoms with E-state index in [1.165, 1.54) is 19.1 Å². The fourth-order valence-electron chi connectivity index (χ4n) is 2.72. The van der Waals surface area contributed by atoms with Crippen LogP contribution in [-0.2, 0) is 9.59 Å². The van der Waals surface area contributed by atoms with Gasteiger partial charge in [-0.15, -0.1) is 0 Å². The molecule has 4 nitrogen and oxygen atoms in total. The van der Waals surface area contributed by atoms with Crippen LogP contribution in [-0.4, -0.2) is 18.2 Å². The summed E-state index contributed by atoms with van der Waals surface area (Å²) in [4.78, 5) is 25.7. The number of amides is 1. The second-order valence-electron chi connectivity index (χ2n) is 5.59. The van der Waals surface area contributed by atoms with Crippen molar-refractivity contribution in [1.82, 2.24) is 0 Å². The first-order valence-electron chi connectivity index (χ1n) is 7.48.